The number of nitrogens with zero attached hydrogens (tertiary/aromatic N) is 1. The first-order valence-electron chi connectivity index (χ1n) is 14.4. The van der Waals surface area contributed by atoms with Gasteiger partial charge >= 0.3 is 9.28 Å². The van der Waals surface area contributed by atoms with Crippen LogP contribution in [0, 0.1) is 5.41 Å². The van der Waals surface area contributed by atoms with E-state index in [2.05, 4.69) is 46.8 Å². The van der Waals surface area contributed by atoms with Crippen molar-refractivity contribution >= 4 is 31.9 Å². The Labute approximate surface area is 240 Å². The lowest BCUT2D eigenvalue weighted by atomic mass is 9.72. The van der Waals surface area contributed by atoms with Gasteiger partial charge in [0.05, 0.1) is 0 Å². The van der Waals surface area contributed by atoms with Crippen molar-refractivity contribution in [3.8, 4) is 11.5 Å². The molecule has 0 saturated heterocycles. The zero-order valence-electron chi connectivity index (χ0n) is 25.0. The number of carbonyl (C=O) groups excluding carboxylic acids is 2. The molecule has 0 N–H and O–H groups in total. The first kappa shape index (κ1) is 30.0. The summed E-state index contributed by atoms with van der Waals surface area (Å²) in [5, 5.41) is 1.42. The van der Waals surface area contributed by atoms with Gasteiger partial charge in [0, 0.05) is 41.7 Å². The van der Waals surface area contributed by atoms with Crippen LogP contribution in [0.2, 0.25) is 6.04 Å². The number of rotatable bonds is 12. The van der Waals surface area contributed by atoms with Crippen LogP contribution in [0.25, 0.3) is 10.8 Å². The summed E-state index contributed by atoms with van der Waals surface area (Å²) in [5.41, 5.74) is 2.59. The van der Waals surface area contributed by atoms with Crippen molar-refractivity contribution in [3.63, 3.8) is 0 Å². The van der Waals surface area contributed by atoms with Gasteiger partial charge in [-0.25, -0.2) is 0 Å². The monoisotopic (exact) mass is 561 g/mol. The molecule has 0 unspecified atom stereocenters. The highest BCUT2D eigenvalue weighted by Gasteiger charge is 2.33. The number of amides is 2. The second-order valence-electron chi connectivity index (χ2n) is 12.3. The maximum atomic E-state index is 13.5. The van der Waals surface area contributed by atoms with E-state index in [9.17, 15) is 9.59 Å². The van der Waals surface area contributed by atoms with E-state index in [0.717, 1.165) is 17.9 Å². The van der Waals surface area contributed by atoms with E-state index in [1.54, 1.807) is 12.1 Å². The Morgan fingerprint density at radius 2 is 1.43 bits per heavy atom. The number of carbonyl (C=O) groups is 2. The van der Waals surface area contributed by atoms with Gasteiger partial charge in [0.1, 0.15) is 11.5 Å². The smallest absolute Gasteiger partial charge is 0.321 e. The van der Waals surface area contributed by atoms with E-state index in [1.165, 1.54) is 10.5 Å². The van der Waals surface area contributed by atoms with Gasteiger partial charge in [-0.05, 0) is 79.5 Å². The Hall–Kier alpha value is -3.00. The first-order chi connectivity index (χ1) is 18.9. The molecule has 1 aliphatic rings. The Morgan fingerprint density at radius 1 is 0.800 bits per heavy atom. The molecule has 1 heterocycles. The van der Waals surface area contributed by atoms with E-state index in [4.69, 9.17) is 13.6 Å². The summed E-state index contributed by atoms with van der Waals surface area (Å²) in [4.78, 5) is 28.3. The van der Waals surface area contributed by atoms with Crippen LogP contribution in [0.3, 0.4) is 0 Å². The Kier molecular flexibility index (Phi) is 9.18. The summed E-state index contributed by atoms with van der Waals surface area (Å²) in [6.07, 6.45) is 1.72. The molecule has 0 fully saturated rings. The van der Waals surface area contributed by atoms with Crippen LogP contribution in [0.1, 0.15) is 87.6 Å². The number of benzene rings is 3. The average Bonchev–Trinajstić information content (AvgIpc) is 2.89. The minimum Gasteiger partial charge on any atom is -0.457 e. The predicted molar refractivity (Wildman–Crippen MR) is 163 cm³/mol. The van der Waals surface area contributed by atoms with Gasteiger partial charge in [0.25, 0.3) is 11.8 Å². The Morgan fingerprint density at radius 3 is 2.02 bits per heavy atom. The Balaban J connectivity index is 1.54. The largest absolute Gasteiger partial charge is 0.457 e. The molecule has 7 heteroatoms. The van der Waals surface area contributed by atoms with Crippen molar-refractivity contribution in [3.05, 3.63) is 71.3 Å². The molecule has 0 atom stereocenters. The van der Waals surface area contributed by atoms with Gasteiger partial charge < -0.3 is 13.6 Å². The van der Waals surface area contributed by atoms with Gasteiger partial charge in [-0.1, -0.05) is 58.9 Å². The van der Waals surface area contributed by atoms with Crippen molar-refractivity contribution < 1.29 is 23.2 Å². The lowest BCUT2D eigenvalue weighted by molar-refractivity contribution is 0.0609. The van der Waals surface area contributed by atoms with E-state index >= 15 is 0 Å². The van der Waals surface area contributed by atoms with Crippen LogP contribution in [0.15, 0.2) is 54.6 Å². The second kappa shape index (κ2) is 12.2. The summed E-state index contributed by atoms with van der Waals surface area (Å²) in [6.45, 7) is 16.8. The van der Waals surface area contributed by atoms with E-state index in [1.807, 2.05) is 44.2 Å². The first-order valence-corrected chi connectivity index (χ1v) is 16.1. The summed E-state index contributed by atoms with van der Waals surface area (Å²) in [7, 11) is -1.79. The van der Waals surface area contributed by atoms with Crippen LogP contribution in [0.4, 0.5) is 0 Å². The van der Waals surface area contributed by atoms with Gasteiger partial charge in [-0.15, -0.1) is 0 Å². The van der Waals surface area contributed by atoms with Crippen molar-refractivity contribution in [1.82, 2.24) is 4.90 Å². The van der Waals surface area contributed by atoms with E-state index < -0.39 is 9.28 Å². The normalized spacial score (nSPS) is 13.9. The minimum absolute atomic E-state index is 0.0405. The lowest BCUT2D eigenvalue weighted by Crippen LogP contribution is -2.41. The number of hydrogen-bond donors (Lipinski definition) is 0. The number of imide groups is 1. The molecular formula is C33H43NO5Si. The van der Waals surface area contributed by atoms with Crippen molar-refractivity contribution in [2.45, 2.75) is 72.8 Å². The fraction of sp³-hybridized carbons (Fsp3) is 0.455. The van der Waals surface area contributed by atoms with E-state index in [-0.39, 0.29) is 22.6 Å². The lowest BCUT2D eigenvalue weighted by Gasteiger charge is -2.33. The average molecular weight is 562 g/mol. The topological polar surface area (TPSA) is 65.1 Å². The van der Waals surface area contributed by atoms with Crippen LogP contribution in [-0.2, 0) is 14.3 Å². The van der Waals surface area contributed by atoms with Gasteiger partial charge in [-0.2, -0.15) is 0 Å². The molecule has 6 nitrogen and oxygen atoms in total. The third-order valence-corrected chi connectivity index (χ3v) is 9.60. The molecule has 0 radical (unpaired) electrons. The molecule has 3 aromatic carbocycles. The summed E-state index contributed by atoms with van der Waals surface area (Å²) in [6, 6.07) is 18.2. The van der Waals surface area contributed by atoms with Crippen LogP contribution >= 0.6 is 0 Å². The molecule has 214 valence electrons. The highest BCUT2D eigenvalue weighted by molar-refractivity contribution is 6.44. The van der Waals surface area contributed by atoms with E-state index in [0.29, 0.717) is 54.2 Å². The van der Waals surface area contributed by atoms with Gasteiger partial charge in [-0.3, -0.25) is 14.5 Å². The van der Waals surface area contributed by atoms with Gasteiger partial charge in [0.2, 0.25) is 0 Å². The summed E-state index contributed by atoms with van der Waals surface area (Å²) >= 11 is 0. The molecule has 2 amide bonds. The highest BCUT2D eigenvalue weighted by atomic mass is 28.3. The molecule has 0 aliphatic carbocycles. The zero-order valence-corrected chi connectivity index (χ0v) is 26.2. The van der Waals surface area contributed by atoms with Gasteiger partial charge in [0.15, 0.2) is 0 Å². The Bertz CT molecular complexity index is 1330. The second-order valence-corrected chi connectivity index (χ2v) is 14.4. The molecule has 0 spiro atoms. The molecule has 0 aromatic heterocycles. The number of ether oxygens (including phenoxy) is 1. The van der Waals surface area contributed by atoms with Crippen molar-refractivity contribution in [2.75, 3.05) is 19.8 Å². The number of hydrogen-bond acceptors (Lipinski definition) is 5. The maximum absolute atomic E-state index is 13.5. The fourth-order valence-corrected chi connectivity index (χ4v) is 7.63. The third-order valence-electron chi connectivity index (χ3n) is 7.31. The molecule has 4 rings (SSSR count). The zero-order chi connectivity index (χ0) is 29.1. The standard InChI is InChI=1S/C33H43NO5Si/c1-8-37-40(38-9-2)21-11-20-34-30(35)26-13-10-12-25-28(19-18-27(29(25)26)31(34)36)39-24-16-14-23(15-17-24)33(6,7)22-32(3,4)5/h10,12-19,40H,8-9,11,20-22H2,1-7H3. The summed E-state index contributed by atoms with van der Waals surface area (Å²) in [5.74, 6) is 0.806. The summed E-state index contributed by atoms with van der Waals surface area (Å²) < 4.78 is 17.8. The quantitative estimate of drug-likeness (QED) is 0.168. The van der Waals surface area contributed by atoms with Crippen molar-refractivity contribution in [1.29, 1.82) is 0 Å². The molecule has 3 aromatic rings. The maximum Gasteiger partial charge on any atom is 0.321 e. The third kappa shape index (κ3) is 6.65. The molecule has 0 bridgehead atoms. The SMILES string of the molecule is CCO[SiH](CCCN1C(=O)c2cccc3c(Oc4ccc(C(C)(C)CC(C)(C)C)cc4)ccc(c23)C1=O)OCC. The van der Waals surface area contributed by atoms with Crippen LogP contribution in [-0.4, -0.2) is 45.8 Å². The molecule has 0 saturated carbocycles. The van der Waals surface area contributed by atoms with Crippen LogP contribution in [0.5, 0.6) is 11.5 Å². The molecular weight excluding hydrogens is 518 g/mol. The van der Waals surface area contributed by atoms with Crippen LogP contribution < -0.4 is 4.74 Å². The highest BCUT2D eigenvalue weighted by Crippen LogP contribution is 2.39. The van der Waals surface area contributed by atoms with Crippen molar-refractivity contribution in [2.24, 2.45) is 5.41 Å². The molecule has 1 aliphatic heterocycles. The minimum atomic E-state index is -1.79. The predicted octanol–water partition coefficient (Wildman–Crippen LogP) is 7.63. The fourth-order valence-electron chi connectivity index (χ4n) is 5.94. The molecule has 40 heavy (non-hydrogen) atoms.